The van der Waals surface area contributed by atoms with Crippen LogP contribution in [0.5, 0.6) is 0 Å². The Balaban J connectivity index is 2.12. The summed E-state index contributed by atoms with van der Waals surface area (Å²) in [6.07, 6.45) is 0. The lowest BCUT2D eigenvalue weighted by atomic mass is 10.2. The van der Waals surface area contributed by atoms with Crippen molar-refractivity contribution in [3.05, 3.63) is 57.8 Å². The highest BCUT2D eigenvalue weighted by atomic mass is 32.1. The fraction of sp³-hybridized carbons (Fsp3) is 0.267. The second-order valence-electron chi connectivity index (χ2n) is 4.28. The van der Waals surface area contributed by atoms with Gasteiger partial charge in [0.2, 0.25) is 0 Å². The summed E-state index contributed by atoms with van der Waals surface area (Å²) in [5.74, 6) is 0.101. The summed E-state index contributed by atoms with van der Waals surface area (Å²) in [5, 5.41) is 2.12. The van der Waals surface area contributed by atoms with Crippen molar-refractivity contribution in [2.75, 3.05) is 6.54 Å². The molecule has 0 aliphatic heterocycles. The summed E-state index contributed by atoms with van der Waals surface area (Å²) < 4.78 is 0. The van der Waals surface area contributed by atoms with Crippen molar-refractivity contribution < 1.29 is 4.79 Å². The highest BCUT2D eigenvalue weighted by Gasteiger charge is 2.14. The number of aryl methyl sites for hydroxylation is 1. The topological polar surface area (TPSA) is 20.3 Å². The van der Waals surface area contributed by atoms with Crippen molar-refractivity contribution in [1.82, 2.24) is 4.90 Å². The van der Waals surface area contributed by atoms with Gasteiger partial charge in [0.1, 0.15) is 0 Å². The summed E-state index contributed by atoms with van der Waals surface area (Å²) in [4.78, 5) is 15.4. The molecule has 0 fully saturated rings. The average Bonchev–Trinajstić information content (AvgIpc) is 2.82. The van der Waals surface area contributed by atoms with E-state index in [1.807, 2.05) is 42.2 Å². The Morgan fingerprint density at radius 3 is 2.56 bits per heavy atom. The van der Waals surface area contributed by atoms with E-state index in [0.29, 0.717) is 6.54 Å². The minimum absolute atomic E-state index is 0.101. The zero-order valence-electron chi connectivity index (χ0n) is 10.7. The van der Waals surface area contributed by atoms with Gasteiger partial charge in [-0.15, -0.1) is 11.3 Å². The van der Waals surface area contributed by atoms with Crippen LogP contribution in [-0.2, 0) is 6.54 Å². The predicted molar refractivity (Wildman–Crippen MR) is 75.9 cm³/mol. The molecule has 0 aliphatic carbocycles. The Labute approximate surface area is 112 Å². The molecular formula is C15H17NOS. The first-order valence-electron chi connectivity index (χ1n) is 6.09. The monoisotopic (exact) mass is 259 g/mol. The van der Waals surface area contributed by atoms with Crippen LogP contribution in [0.3, 0.4) is 0 Å². The molecule has 0 saturated heterocycles. The number of nitrogens with zero attached hydrogens (tertiary/aromatic N) is 1. The van der Waals surface area contributed by atoms with Crippen molar-refractivity contribution >= 4 is 17.2 Å². The molecule has 1 heterocycles. The normalized spacial score (nSPS) is 10.3. The molecule has 0 spiro atoms. The molecule has 3 heteroatoms. The van der Waals surface area contributed by atoms with Gasteiger partial charge in [-0.25, -0.2) is 0 Å². The van der Waals surface area contributed by atoms with E-state index in [2.05, 4.69) is 18.4 Å². The third-order valence-corrected chi connectivity index (χ3v) is 3.86. The second kappa shape index (κ2) is 5.83. The Morgan fingerprint density at radius 2 is 2.00 bits per heavy atom. The van der Waals surface area contributed by atoms with Crippen LogP contribution in [0.1, 0.15) is 27.7 Å². The molecule has 0 aliphatic rings. The number of hydrogen-bond acceptors (Lipinski definition) is 2. The fourth-order valence-corrected chi connectivity index (χ4v) is 2.74. The van der Waals surface area contributed by atoms with Gasteiger partial charge >= 0.3 is 0 Å². The van der Waals surface area contributed by atoms with Gasteiger partial charge in [0.25, 0.3) is 5.91 Å². The summed E-state index contributed by atoms with van der Waals surface area (Å²) in [5.41, 5.74) is 2.02. The van der Waals surface area contributed by atoms with Crippen LogP contribution >= 0.6 is 11.3 Å². The molecule has 0 unspecified atom stereocenters. The van der Waals surface area contributed by atoms with Crippen LogP contribution in [0.25, 0.3) is 0 Å². The predicted octanol–water partition coefficient (Wildman–Crippen LogP) is 3.72. The van der Waals surface area contributed by atoms with Gasteiger partial charge in [-0.2, -0.15) is 0 Å². The molecular weight excluding hydrogens is 242 g/mol. The highest BCUT2D eigenvalue weighted by Crippen LogP contribution is 2.17. The third-order valence-electron chi connectivity index (χ3n) is 2.82. The number of thiophene rings is 1. The van der Waals surface area contributed by atoms with Crippen LogP contribution in [0.2, 0.25) is 0 Å². The maximum absolute atomic E-state index is 12.3. The summed E-state index contributed by atoms with van der Waals surface area (Å²) in [6.45, 7) is 5.52. The number of amides is 1. The SMILES string of the molecule is CCN(Cc1cc(C)cs1)C(=O)c1ccccc1. The van der Waals surface area contributed by atoms with Crippen molar-refractivity contribution in [1.29, 1.82) is 0 Å². The first kappa shape index (κ1) is 12.8. The largest absolute Gasteiger partial charge is 0.334 e. The maximum Gasteiger partial charge on any atom is 0.254 e. The van der Waals surface area contributed by atoms with Gasteiger partial charge in [-0.05, 0) is 43.0 Å². The van der Waals surface area contributed by atoms with E-state index in [1.54, 1.807) is 11.3 Å². The zero-order chi connectivity index (χ0) is 13.0. The number of carbonyl (C=O) groups is 1. The Hall–Kier alpha value is -1.61. The Bertz CT molecular complexity index is 518. The maximum atomic E-state index is 12.3. The van der Waals surface area contributed by atoms with Crippen molar-refractivity contribution in [2.45, 2.75) is 20.4 Å². The molecule has 2 aromatic rings. The molecule has 2 nitrogen and oxygen atoms in total. The number of rotatable bonds is 4. The first-order valence-corrected chi connectivity index (χ1v) is 6.97. The van der Waals surface area contributed by atoms with E-state index in [9.17, 15) is 4.79 Å². The third kappa shape index (κ3) is 2.99. The van der Waals surface area contributed by atoms with Gasteiger partial charge < -0.3 is 4.90 Å². The average molecular weight is 259 g/mol. The number of hydrogen-bond donors (Lipinski definition) is 0. The van der Waals surface area contributed by atoms with E-state index in [-0.39, 0.29) is 5.91 Å². The van der Waals surface area contributed by atoms with Crippen LogP contribution < -0.4 is 0 Å². The van der Waals surface area contributed by atoms with E-state index < -0.39 is 0 Å². The van der Waals surface area contributed by atoms with Crippen LogP contribution in [-0.4, -0.2) is 17.4 Å². The fourth-order valence-electron chi connectivity index (χ4n) is 1.85. The summed E-state index contributed by atoms with van der Waals surface area (Å²) >= 11 is 1.71. The number of carbonyl (C=O) groups excluding carboxylic acids is 1. The van der Waals surface area contributed by atoms with Gasteiger partial charge in [0.15, 0.2) is 0 Å². The molecule has 0 N–H and O–H groups in total. The minimum Gasteiger partial charge on any atom is -0.334 e. The lowest BCUT2D eigenvalue weighted by molar-refractivity contribution is 0.0754. The van der Waals surface area contributed by atoms with Gasteiger partial charge in [0.05, 0.1) is 6.54 Å². The zero-order valence-corrected chi connectivity index (χ0v) is 11.5. The quantitative estimate of drug-likeness (QED) is 0.819. The van der Waals surface area contributed by atoms with Crippen LogP contribution in [0.4, 0.5) is 0 Å². The Morgan fingerprint density at radius 1 is 1.28 bits per heavy atom. The van der Waals surface area contributed by atoms with Crippen molar-refractivity contribution in [3.63, 3.8) is 0 Å². The van der Waals surface area contributed by atoms with Crippen LogP contribution in [0.15, 0.2) is 41.8 Å². The van der Waals surface area contributed by atoms with E-state index in [1.165, 1.54) is 10.4 Å². The lowest BCUT2D eigenvalue weighted by Crippen LogP contribution is -2.29. The van der Waals surface area contributed by atoms with Gasteiger partial charge in [0, 0.05) is 17.0 Å². The van der Waals surface area contributed by atoms with Gasteiger partial charge in [-0.1, -0.05) is 18.2 Å². The Kier molecular flexibility index (Phi) is 4.15. The standard InChI is InChI=1S/C15H17NOS/c1-3-16(10-14-9-12(2)11-18-14)15(17)13-7-5-4-6-8-13/h4-9,11H,3,10H2,1-2H3. The molecule has 94 valence electrons. The van der Waals surface area contributed by atoms with E-state index >= 15 is 0 Å². The molecule has 1 aromatic heterocycles. The molecule has 0 bridgehead atoms. The van der Waals surface area contributed by atoms with Crippen molar-refractivity contribution in [3.8, 4) is 0 Å². The molecule has 2 rings (SSSR count). The highest BCUT2D eigenvalue weighted by molar-refractivity contribution is 7.10. The molecule has 0 saturated carbocycles. The minimum atomic E-state index is 0.101. The van der Waals surface area contributed by atoms with E-state index in [4.69, 9.17) is 0 Å². The number of benzene rings is 1. The molecule has 0 radical (unpaired) electrons. The summed E-state index contributed by atoms with van der Waals surface area (Å²) in [7, 11) is 0. The molecule has 1 amide bonds. The molecule has 1 aromatic carbocycles. The van der Waals surface area contributed by atoms with E-state index in [0.717, 1.165) is 12.1 Å². The first-order chi connectivity index (χ1) is 8.70. The molecule has 18 heavy (non-hydrogen) atoms. The summed E-state index contributed by atoms with van der Waals surface area (Å²) in [6, 6.07) is 11.6. The van der Waals surface area contributed by atoms with Crippen LogP contribution in [0, 0.1) is 6.92 Å². The molecule has 0 atom stereocenters. The smallest absolute Gasteiger partial charge is 0.254 e. The second-order valence-corrected chi connectivity index (χ2v) is 5.27. The van der Waals surface area contributed by atoms with Gasteiger partial charge in [-0.3, -0.25) is 4.79 Å². The van der Waals surface area contributed by atoms with Crippen molar-refractivity contribution in [2.24, 2.45) is 0 Å². The lowest BCUT2D eigenvalue weighted by Gasteiger charge is -2.20.